The van der Waals surface area contributed by atoms with Gasteiger partial charge in [-0.1, -0.05) is 36.8 Å². The fraction of sp³-hybridized carbons (Fsp3) is 0.667. The Bertz CT molecular complexity index is 423. The zero-order valence-corrected chi connectivity index (χ0v) is 13.9. The molecule has 0 aromatic heterocycles. The van der Waals surface area contributed by atoms with E-state index in [0.29, 0.717) is 6.04 Å². The Morgan fingerprint density at radius 2 is 1.81 bits per heavy atom. The molecule has 1 aliphatic rings. The summed E-state index contributed by atoms with van der Waals surface area (Å²) in [5.74, 6) is 0. The van der Waals surface area contributed by atoms with Crippen molar-refractivity contribution in [2.75, 3.05) is 26.7 Å². The highest BCUT2D eigenvalue weighted by Crippen LogP contribution is 2.25. The van der Waals surface area contributed by atoms with Crippen LogP contribution in [0.4, 0.5) is 0 Å². The van der Waals surface area contributed by atoms with Crippen molar-refractivity contribution < 1.29 is 5.11 Å². The fourth-order valence-corrected chi connectivity index (χ4v) is 3.24. The quantitative estimate of drug-likeness (QED) is 0.903. The summed E-state index contributed by atoms with van der Waals surface area (Å²) < 4.78 is 0. The number of rotatable bonds is 5. The van der Waals surface area contributed by atoms with Crippen molar-refractivity contribution >= 4 is 0 Å². The first kappa shape index (κ1) is 16.5. The first-order chi connectivity index (χ1) is 10.0. The molecule has 0 spiro atoms. The Hall–Kier alpha value is -0.900. The van der Waals surface area contributed by atoms with Crippen LogP contribution in [-0.2, 0) is 0 Å². The topological polar surface area (TPSA) is 26.7 Å². The van der Waals surface area contributed by atoms with Crippen molar-refractivity contribution in [3.63, 3.8) is 0 Å². The number of aliphatic hydroxyl groups is 1. The molecule has 21 heavy (non-hydrogen) atoms. The van der Waals surface area contributed by atoms with Crippen LogP contribution in [0, 0.1) is 6.92 Å². The second kappa shape index (κ2) is 7.39. The van der Waals surface area contributed by atoms with Crippen molar-refractivity contribution in [1.29, 1.82) is 0 Å². The number of likely N-dealkylation sites (N-methyl/N-ethyl adjacent to an activating group) is 1. The van der Waals surface area contributed by atoms with E-state index in [4.69, 9.17) is 0 Å². The third-order valence-corrected chi connectivity index (χ3v) is 5.10. The van der Waals surface area contributed by atoms with Crippen LogP contribution in [0.2, 0.25) is 0 Å². The highest BCUT2D eigenvalue weighted by atomic mass is 16.3. The lowest BCUT2D eigenvalue weighted by atomic mass is 9.97. The predicted molar refractivity (Wildman–Crippen MR) is 88.5 cm³/mol. The van der Waals surface area contributed by atoms with Crippen LogP contribution in [0.1, 0.15) is 43.9 Å². The summed E-state index contributed by atoms with van der Waals surface area (Å²) in [6.45, 7) is 9.95. The van der Waals surface area contributed by atoms with Crippen LogP contribution < -0.4 is 0 Å². The predicted octanol–water partition coefficient (Wildman–Crippen LogP) is 2.83. The molecule has 118 valence electrons. The van der Waals surface area contributed by atoms with E-state index >= 15 is 0 Å². The maximum atomic E-state index is 10.6. The lowest BCUT2D eigenvalue weighted by molar-refractivity contribution is 0.0285. The first-order valence-corrected chi connectivity index (χ1v) is 8.21. The van der Waals surface area contributed by atoms with E-state index in [1.807, 2.05) is 12.1 Å². The Balaban J connectivity index is 1.95. The summed E-state index contributed by atoms with van der Waals surface area (Å²) >= 11 is 0. The minimum atomic E-state index is -0.417. The zero-order valence-electron chi connectivity index (χ0n) is 13.9. The highest BCUT2D eigenvalue weighted by molar-refractivity contribution is 5.24. The molecule has 1 heterocycles. The van der Waals surface area contributed by atoms with Crippen LogP contribution in [0.25, 0.3) is 0 Å². The van der Waals surface area contributed by atoms with E-state index in [-0.39, 0.29) is 6.04 Å². The van der Waals surface area contributed by atoms with Crippen LogP contribution in [0.5, 0.6) is 0 Å². The van der Waals surface area contributed by atoms with Gasteiger partial charge in [0, 0.05) is 12.1 Å². The molecular formula is C18H30N2O. The molecule has 1 aliphatic heterocycles. The van der Waals surface area contributed by atoms with Crippen LogP contribution in [0.15, 0.2) is 24.3 Å². The van der Waals surface area contributed by atoms with Crippen molar-refractivity contribution in [2.45, 2.75) is 51.8 Å². The average molecular weight is 290 g/mol. The number of piperidine rings is 1. The SMILES string of the molecule is CCN1CCC(N(C)C(C)C(O)c2ccc(C)cc2)CC1. The Morgan fingerprint density at radius 1 is 1.24 bits per heavy atom. The number of aliphatic hydroxyl groups excluding tert-OH is 1. The largest absolute Gasteiger partial charge is 0.387 e. The molecule has 0 aliphatic carbocycles. The maximum Gasteiger partial charge on any atom is 0.0942 e. The number of benzene rings is 1. The van der Waals surface area contributed by atoms with Gasteiger partial charge >= 0.3 is 0 Å². The highest BCUT2D eigenvalue weighted by Gasteiger charge is 2.28. The van der Waals surface area contributed by atoms with Gasteiger partial charge in [0.1, 0.15) is 0 Å². The molecule has 2 rings (SSSR count). The van der Waals surface area contributed by atoms with E-state index in [9.17, 15) is 5.11 Å². The zero-order chi connectivity index (χ0) is 15.4. The fourth-order valence-electron chi connectivity index (χ4n) is 3.24. The third kappa shape index (κ3) is 4.06. The second-order valence-corrected chi connectivity index (χ2v) is 6.43. The van der Waals surface area contributed by atoms with Crippen molar-refractivity contribution in [2.24, 2.45) is 0 Å². The summed E-state index contributed by atoms with van der Waals surface area (Å²) in [4.78, 5) is 4.88. The number of nitrogens with zero attached hydrogens (tertiary/aromatic N) is 2. The molecule has 1 N–H and O–H groups in total. The molecule has 0 saturated carbocycles. The molecule has 0 bridgehead atoms. The molecule has 2 unspecified atom stereocenters. The minimum absolute atomic E-state index is 0.144. The lowest BCUT2D eigenvalue weighted by Gasteiger charge is -2.40. The molecule has 1 saturated heterocycles. The lowest BCUT2D eigenvalue weighted by Crippen LogP contribution is -2.47. The van der Waals surface area contributed by atoms with E-state index < -0.39 is 6.10 Å². The molecule has 2 atom stereocenters. The molecule has 0 amide bonds. The summed E-state index contributed by atoms with van der Waals surface area (Å²) in [6.07, 6.45) is 1.99. The standard InChI is InChI=1S/C18H30N2O/c1-5-20-12-10-17(11-13-20)19(4)15(3)18(21)16-8-6-14(2)7-9-16/h6-9,15,17-18,21H,5,10-13H2,1-4H3. The van der Waals surface area contributed by atoms with Gasteiger partial charge in [-0.25, -0.2) is 0 Å². The van der Waals surface area contributed by atoms with Gasteiger partial charge < -0.3 is 10.0 Å². The van der Waals surface area contributed by atoms with Gasteiger partial charge in [-0.15, -0.1) is 0 Å². The smallest absolute Gasteiger partial charge is 0.0942 e. The Morgan fingerprint density at radius 3 is 2.33 bits per heavy atom. The Kier molecular flexibility index (Phi) is 5.80. The van der Waals surface area contributed by atoms with Crippen LogP contribution in [0.3, 0.4) is 0 Å². The van der Waals surface area contributed by atoms with Crippen molar-refractivity contribution in [1.82, 2.24) is 9.80 Å². The normalized spacial score (nSPS) is 20.7. The first-order valence-electron chi connectivity index (χ1n) is 8.21. The van der Waals surface area contributed by atoms with Gasteiger partial charge in [0.2, 0.25) is 0 Å². The second-order valence-electron chi connectivity index (χ2n) is 6.43. The molecule has 0 radical (unpaired) electrons. The van der Waals surface area contributed by atoms with Gasteiger partial charge in [0.05, 0.1) is 6.10 Å². The number of likely N-dealkylation sites (tertiary alicyclic amines) is 1. The summed E-state index contributed by atoms with van der Waals surface area (Å²) in [7, 11) is 2.16. The van der Waals surface area contributed by atoms with E-state index in [0.717, 1.165) is 12.1 Å². The van der Waals surface area contributed by atoms with E-state index in [2.05, 4.69) is 49.8 Å². The van der Waals surface area contributed by atoms with Gasteiger partial charge in [0.15, 0.2) is 0 Å². The van der Waals surface area contributed by atoms with Gasteiger partial charge in [0.25, 0.3) is 0 Å². The summed E-state index contributed by atoms with van der Waals surface area (Å²) in [6, 6.07) is 8.97. The van der Waals surface area contributed by atoms with Crippen LogP contribution in [-0.4, -0.2) is 53.7 Å². The molecule has 3 nitrogen and oxygen atoms in total. The van der Waals surface area contributed by atoms with Gasteiger partial charge in [-0.2, -0.15) is 0 Å². The van der Waals surface area contributed by atoms with Crippen molar-refractivity contribution in [3.8, 4) is 0 Å². The summed E-state index contributed by atoms with van der Waals surface area (Å²) in [5, 5.41) is 10.6. The third-order valence-electron chi connectivity index (χ3n) is 5.10. The monoisotopic (exact) mass is 290 g/mol. The number of aryl methyl sites for hydroxylation is 1. The van der Waals surface area contributed by atoms with Gasteiger partial charge in [-0.3, -0.25) is 4.90 Å². The number of hydrogen-bond donors (Lipinski definition) is 1. The minimum Gasteiger partial charge on any atom is -0.387 e. The molecular weight excluding hydrogens is 260 g/mol. The molecule has 1 fully saturated rings. The summed E-state index contributed by atoms with van der Waals surface area (Å²) in [5.41, 5.74) is 2.25. The van der Waals surface area contributed by atoms with E-state index in [1.165, 1.54) is 31.5 Å². The van der Waals surface area contributed by atoms with Crippen molar-refractivity contribution in [3.05, 3.63) is 35.4 Å². The van der Waals surface area contributed by atoms with Gasteiger partial charge in [-0.05, 0) is 58.9 Å². The number of hydrogen-bond acceptors (Lipinski definition) is 3. The van der Waals surface area contributed by atoms with Crippen LogP contribution >= 0.6 is 0 Å². The van der Waals surface area contributed by atoms with E-state index in [1.54, 1.807) is 0 Å². The molecule has 1 aromatic rings. The maximum absolute atomic E-state index is 10.6. The average Bonchev–Trinajstić information content (AvgIpc) is 2.53. The molecule has 3 heteroatoms. The Labute approximate surface area is 129 Å². The molecule has 1 aromatic carbocycles.